The van der Waals surface area contributed by atoms with Crippen LogP contribution in [0.2, 0.25) is 5.28 Å². The van der Waals surface area contributed by atoms with E-state index in [0.29, 0.717) is 11.3 Å². The van der Waals surface area contributed by atoms with Crippen LogP contribution in [0.5, 0.6) is 17.4 Å². The number of hydrogen-bond donors (Lipinski definition) is 1. The normalized spacial score (nSPS) is 14.7. The van der Waals surface area contributed by atoms with Gasteiger partial charge in [0.1, 0.15) is 5.57 Å². The van der Waals surface area contributed by atoms with E-state index >= 15 is 0 Å². The third-order valence-electron chi connectivity index (χ3n) is 4.29. The monoisotopic (exact) mass is 440 g/mol. The maximum absolute atomic E-state index is 13.9. The van der Waals surface area contributed by atoms with E-state index in [1.54, 1.807) is 36.4 Å². The van der Waals surface area contributed by atoms with E-state index in [-0.39, 0.29) is 28.2 Å². The first-order valence-electron chi connectivity index (χ1n) is 8.92. The summed E-state index contributed by atoms with van der Waals surface area (Å²) < 4.78 is 24.6. The molecule has 3 aromatic rings. The molecule has 1 aliphatic rings. The molecule has 4 rings (SSSR count). The lowest BCUT2D eigenvalue weighted by Gasteiger charge is -2.13. The Kier molecular flexibility index (Phi) is 5.50. The van der Waals surface area contributed by atoms with Crippen LogP contribution < -0.4 is 19.9 Å². The number of amides is 2. The van der Waals surface area contributed by atoms with E-state index in [0.717, 1.165) is 6.20 Å². The van der Waals surface area contributed by atoms with Crippen molar-refractivity contribution in [1.29, 1.82) is 0 Å². The SMILES string of the molecule is COc1cc(C=C2C(=O)NN(c3ccccc3)C2=O)ccc1Oc1nc(Cl)ncc1F. The van der Waals surface area contributed by atoms with Crippen molar-refractivity contribution in [3.63, 3.8) is 0 Å². The number of benzene rings is 2. The number of anilines is 1. The maximum atomic E-state index is 13.9. The zero-order valence-electron chi connectivity index (χ0n) is 16.0. The highest BCUT2D eigenvalue weighted by Crippen LogP contribution is 2.33. The minimum absolute atomic E-state index is 0.0480. The van der Waals surface area contributed by atoms with Crippen molar-refractivity contribution in [3.05, 3.63) is 77.0 Å². The molecular weight excluding hydrogens is 427 g/mol. The Labute approximate surface area is 180 Å². The fourth-order valence-electron chi connectivity index (χ4n) is 2.85. The van der Waals surface area contributed by atoms with Crippen LogP contribution in [0, 0.1) is 5.82 Å². The lowest BCUT2D eigenvalue weighted by Crippen LogP contribution is -2.35. The molecule has 2 aromatic carbocycles. The molecule has 1 N–H and O–H groups in total. The summed E-state index contributed by atoms with van der Waals surface area (Å²) in [7, 11) is 1.40. The second-order valence-corrected chi connectivity index (χ2v) is 6.62. The number of halogens is 2. The lowest BCUT2D eigenvalue weighted by molar-refractivity contribution is -0.117. The number of carbonyl (C=O) groups is 2. The van der Waals surface area contributed by atoms with Gasteiger partial charge in [0, 0.05) is 0 Å². The molecule has 0 unspecified atom stereocenters. The van der Waals surface area contributed by atoms with Gasteiger partial charge in [0.15, 0.2) is 11.5 Å². The zero-order valence-corrected chi connectivity index (χ0v) is 16.8. The van der Waals surface area contributed by atoms with E-state index in [4.69, 9.17) is 21.1 Å². The van der Waals surface area contributed by atoms with Gasteiger partial charge in [0.2, 0.25) is 11.1 Å². The lowest BCUT2D eigenvalue weighted by atomic mass is 10.1. The number of nitrogens with zero attached hydrogens (tertiary/aromatic N) is 3. The minimum atomic E-state index is -0.799. The zero-order chi connectivity index (χ0) is 22.0. The topological polar surface area (TPSA) is 93.7 Å². The summed E-state index contributed by atoms with van der Waals surface area (Å²) in [5.74, 6) is -1.81. The second kappa shape index (κ2) is 8.41. The van der Waals surface area contributed by atoms with Gasteiger partial charge in [-0.3, -0.25) is 15.0 Å². The van der Waals surface area contributed by atoms with Gasteiger partial charge < -0.3 is 9.47 Å². The number of methoxy groups -OCH3 is 1. The van der Waals surface area contributed by atoms with Gasteiger partial charge in [-0.2, -0.15) is 9.37 Å². The molecule has 0 saturated carbocycles. The standard InChI is InChI=1S/C21H14ClFN4O4/c1-30-17-10-12(7-8-16(17)31-19-15(23)11-24-21(22)25-19)9-14-18(28)26-27(20(14)29)13-5-3-2-4-6-13/h2-11H,1H3,(H,26,28). The van der Waals surface area contributed by atoms with Gasteiger partial charge in [-0.1, -0.05) is 24.3 Å². The summed E-state index contributed by atoms with van der Waals surface area (Å²) in [4.78, 5) is 32.3. The maximum Gasteiger partial charge on any atom is 0.282 e. The number of nitrogens with one attached hydrogen (secondary N) is 1. The van der Waals surface area contributed by atoms with Crippen molar-refractivity contribution in [2.75, 3.05) is 12.1 Å². The Morgan fingerprint density at radius 3 is 2.65 bits per heavy atom. The fraction of sp³-hybridized carbons (Fsp3) is 0.0476. The summed E-state index contributed by atoms with van der Waals surface area (Å²) in [6, 6.07) is 13.3. The quantitative estimate of drug-likeness (QED) is 0.370. The summed E-state index contributed by atoms with van der Waals surface area (Å²) in [5.41, 5.74) is 3.52. The van der Waals surface area contributed by atoms with E-state index in [2.05, 4.69) is 15.4 Å². The van der Waals surface area contributed by atoms with E-state index in [1.807, 2.05) is 0 Å². The van der Waals surface area contributed by atoms with Gasteiger partial charge in [0.25, 0.3) is 17.7 Å². The molecule has 0 atom stereocenters. The second-order valence-electron chi connectivity index (χ2n) is 6.28. The van der Waals surface area contributed by atoms with Crippen LogP contribution in [0.15, 0.2) is 60.3 Å². The molecule has 0 aliphatic carbocycles. The number of ether oxygens (including phenoxy) is 2. The predicted molar refractivity (Wildman–Crippen MR) is 110 cm³/mol. The average molecular weight is 441 g/mol. The van der Waals surface area contributed by atoms with E-state index < -0.39 is 17.6 Å². The molecule has 8 nitrogen and oxygen atoms in total. The van der Waals surface area contributed by atoms with Crippen LogP contribution in [0.1, 0.15) is 5.56 Å². The average Bonchev–Trinajstić information content (AvgIpc) is 3.06. The molecule has 0 bridgehead atoms. The predicted octanol–water partition coefficient (Wildman–Crippen LogP) is 3.53. The molecule has 1 saturated heterocycles. The van der Waals surface area contributed by atoms with Crippen molar-refractivity contribution in [2.24, 2.45) is 0 Å². The molecule has 2 amide bonds. The van der Waals surface area contributed by atoms with Gasteiger partial charge >= 0.3 is 0 Å². The molecule has 2 heterocycles. The molecule has 156 valence electrons. The van der Waals surface area contributed by atoms with Crippen LogP contribution in [-0.2, 0) is 9.59 Å². The van der Waals surface area contributed by atoms with Gasteiger partial charge in [0.05, 0.1) is 19.0 Å². The van der Waals surface area contributed by atoms with Gasteiger partial charge in [-0.05, 0) is 47.5 Å². The van der Waals surface area contributed by atoms with Crippen molar-refractivity contribution >= 4 is 35.2 Å². The number of aromatic nitrogens is 2. The Bertz CT molecular complexity index is 1200. The van der Waals surface area contributed by atoms with E-state index in [9.17, 15) is 14.0 Å². The third kappa shape index (κ3) is 4.17. The van der Waals surface area contributed by atoms with Crippen LogP contribution in [0.25, 0.3) is 6.08 Å². The summed E-state index contributed by atoms with van der Waals surface area (Å²) in [5, 5.41) is 0.996. The largest absolute Gasteiger partial charge is 0.493 e. The van der Waals surface area contributed by atoms with Gasteiger partial charge in [-0.25, -0.2) is 9.99 Å². The number of para-hydroxylation sites is 1. The molecule has 1 fully saturated rings. The summed E-state index contributed by atoms with van der Waals surface area (Å²) in [6.45, 7) is 0. The highest BCUT2D eigenvalue weighted by molar-refractivity contribution is 6.31. The van der Waals surface area contributed by atoms with Crippen molar-refractivity contribution in [2.45, 2.75) is 0 Å². The summed E-state index contributed by atoms with van der Waals surface area (Å²) in [6.07, 6.45) is 2.31. The van der Waals surface area contributed by atoms with Crippen LogP contribution >= 0.6 is 11.6 Å². The van der Waals surface area contributed by atoms with Crippen molar-refractivity contribution in [1.82, 2.24) is 15.4 Å². The first kappa shape index (κ1) is 20.3. The Hall–Kier alpha value is -3.98. The molecule has 1 aliphatic heterocycles. The van der Waals surface area contributed by atoms with Crippen LogP contribution in [0.4, 0.5) is 10.1 Å². The highest BCUT2D eigenvalue weighted by Gasteiger charge is 2.34. The first-order chi connectivity index (χ1) is 15.0. The molecule has 10 heteroatoms. The molecule has 0 radical (unpaired) electrons. The number of hydrazine groups is 1. The molecular formula is C21H14ClFN4O4. The van der Waals surface area contributed by atoms with E-state index in [1.165, 1.54) is 30.3 Å². The Morgan fingerprint density at radius 1 is 1.13 bits per heavy atom. The molecule has 31 heavy (non-hydrogen) atoms. The van der Waals surface area contributed by atoms with Crippen LogP contribution in [0.3, 0.4) is 0 Å². The number of carbonyl (C=O) groups excluding carboxylic acids is 2. The third-order valence-corrected chi connectivity index (χ3v) is 4.48. The van der Waals surface area contributed by atoms with Gasteiger partial charge in [-0.15, -0.1) is 0 Å². The highest BCUT2D eigenvalue weighted by atomic mass is 35.5. The number of hydrogen-bond acceptors (Lipinski definition) is 6. The smallest absolute Gasteiger partial charge is 0.282 e. The number of rotatable bonds is 5. The molecule has 1 aromatic heterocycles. The van der Waals surface area contributed by atoms with Crippen molar-refractivity contribution in [3.8, 4) is 17.4 Å². The Morgan fingerprint density at radius 2 is 1.90 bits per heavy atom. The Balaban J connectivity index is 1.62. The van der Waals surface area contributed by atoms with Crippen molar-refractivity contribution < 1.29 is 23.5 Å². The summed E-state index contributed by atoms with van der Waals surface area (Å²) >= 11 is 5.68. The van der Waals surface area contributed by atoms with Crippen LogP contribution in [-0.4, -0.2) is 28.9 Å². The minimum Gasteiger partial charge on any atom is -0.493 e. The first-order valence-corrected chi connectivity index (χ1v) is 9.30. The fourth-order valence-corrected chi connectivity index (χ4v) is 2.97. The molecule has 0 spiro atoms.